The van der Waals surface area contributed by atoms with Crippen molar-refractivity contribution in [3.8, 4) is 0 Å². The van der Waals surface area contributed by atoms with Gasteiger partial charge in [-0.1, -0.05) is 245 Å². The molecule has 0 aromatic heterocycles. The topological polar surface area (TPSA) is 78.9 Å². The Morgan fingerprint density at radius 3 is 0.849 bits per heavy atom. The third-order valence-corrected chi connectivity index (χ3v) is 12.4. The minimum atomic E-state index is -0.795. The van der Waals surface area contributed by atoms with E-state index in [0.717, 1.165) is 148 Å². The molecular formula is C67H110O6. The van der Waals surface area contributed by atoms with Gasteiger partial charge in [-0.05, 0) is 122 Å². The van der Waals surface area contributed by atoms with E-state index in [9.17, 15) is 14.4 Å². The Kier molecular flexibility index (Phi) is 56.9. The molecule has 0 saturated heterocycles. The molecule has 0 aromatic rings. The molecular weight excluding hydrogens is 901 g/mol. The van der Waals surface area contributed by atoms with E-state index in [1.54, 1.807) is 0 Å². The highest BCUT2D eigenvalue weighted by molar-refractivity contribution is 5.71. The summed E-state index contributed by atoms with van der Waals surface area (Å²) in [4.78, 5) is 38.2. The molecule has 0 aliphatic rings. The van der Waals surface area contributed by atoms with E-state index in [-0.39, 0.29) is 31.1 Å². The SMILES string of the molecule is CC/C=C\C/C=C\C/C=C\C/C=C\C/C=C\CCCCCCCCCCCC(=O)OCC(COC(=O)CCCCCCC/C=C\CCCC)OC(=O)CCCCCCCC/C=C\C/C=C\C/C=C\C/C=C\CC. The van der Waals surface area contributed by atoms with E-state index < -0.39 is 6.10 Å². The summed E-state index contributed by atoms with van der Waals surface area (Å²) in [6.07, 6.45) is 83.4. The van der Waals surface area contributed by atoms with Crippen molar-refractivity contribution < 1.29 is 28.6 Å². The second-order valence-corrected chi connectivity index (χ2v) is 19.5. The summed E-state index contributed by atoms with van der Waals surface area (Å²) < 4.78 is 16.9. The summed E-state index contributed by atoms with van der Waals surface area (Å²) in [5.74, 6) is -0.921. The molecule has 6 heteroatoms. The minimum absolute atomic E-state index is 0.0922. The van der Waals surface area contributed by atoms with Crippen LogP contribution in [0.2, 0.25) is 0 Å². The molecule has 1 atom stereocenters. The molecule has 1 unspecified atom stereocenters. The Morgan fingerprint density at radius 1 is 0.288 bits per heavy atom. The normalized spacial score (nSPS) is 13.0. The van der Waals surface area contributed by atoms with Gasteiger partial charge >= 0.3 is 17.9 Å². The number of ether oxygens (including phenoxy) is 3. The fraction of sp³-hybridized carbons (Fsp3) is 0.657. The Balaban J connectivity index is 4.35. The molecule has 0 rings (SSSR count). The van der Waals surface area contributed by atoms with Crippen molar-refractivity contribution in [3.63, 3.8) is 0 Å². The number of hydrogen-bond donors (Lipinski definition) is 0. The third-order valence-electron chi connectivity index (χ3n) is 12.4. The lowest BCUT2D eigenvalue weighted by molar-refractivity contribution is -0.167. The van der Waals surface area contributed by atoms with Crippen molar-refractivity contribution in [2.24, 2.45) is 0 Å². The van der Waals surface area contributed by atoms with E-state index in [0.29, 0.717) is 19.3 Å². The molecule has 0 aliphatic heterocycles. The molecule has 0 saturated carbocycles. The third kappa shape index (κ3) is 58.6. The molecule has 0 heterocycles. The van der Waals surface area contributed by atoms with Gasteiger partial charge in [-0.25, -0.2) is 0 Å². The van der Waals surface area contributed by atoms with Gasteiger partial charge in [-0.3, -0.25) is 14.4 Å². The van der Waals surface area contributed by atoms with E-state index in [1.165, 1.54) is 77.0 Å². The zero-order valence-corrected chi connectivity index (χ0v) is 47.4. The Morgan fingerprint density at radius 2 is 0.534 bits per heavy atom. The van der Waals surface area contributed by atoms with Gasteiger partial charge in [0, 0.05) is 19.3 Å². The van der Waals surface area contributed by atoms with Gasteiger partial charge in [-0.2, -0.15) is 0 Å². The van der Waals surface area contributed by atoms with Crippen LogP contribution in [-0.2, 0) is 28.6 Å². The molecule has 0 amide bonds. The van der Waals surface area contributed by atoms with Gasteiger partial charge < -0.3 is 14.2 Å². The quantitative estimate of drug-likeness (QED) is 0.0261. The average Bonchev–Trinajstić information content (AvgIpc) is 3.39. The van der Waals surface area contributed by atoms with Crippen LogP contribution in [0.4, 0.5) is 0 Å². The monoisotopic (exact) mass is 1010 g/mol. The molecule has 0 fully saturated rings. The highest BCUT2D eigenvalue weighted by Crippen LogP contribution is 2.15. The van der Waals surface area contributed by atoms with Crippen LogP contribution in [0.5, 0.6) is 0 Å². The number of hydrogen-bond acceptors (Lipinski definition) is 6. The highest BCUT2D eigenvalue weighted by atomic mass is 16.6. The molecule has 0 aromatic carbocycles. The maximum Gasteiger partial charge on any atom is 0.306 e. The maximum atomic E-state index is 12.9. The molecule has 0 bridgehead atoms. The molecule has 414 valence electrons. The fourth-order valence-electron chi connectivity index (χ4n) is 7.97. The maximum absolute atomic E-state index is 12.9. The number of rotatable bonds is 53. The first-order valence-electron chi connectivity index (χ1n) is 30.0. The average molecular weight is 1010 g/mol. The van der Waals surface area contributed by atoms with Gasteiger partial charge in [0.2, 0.25) is 0 Å². The molecule has 0 spiro atoms. The van der Waals surface area contributed by atoms with Crippen molar-refractivity contribution in [1.29, 1.82) is 0 Å². The number of unbranched alkanes of at least 4 members (excludes halogenated alkanes) is 22. The van der Waals surface area contributed by atoms with Crippen LogP contribution in [0, 0.1) is 0 Å². The van der Waals surface area contributed by atoms with Gasteiger partial charge in [0.1, 0.15) is 13.2 Å². The van der Waals surface area contributed by atoms with Crippen LogP contribution in [0.15, 0.2) is 122 Å². The van der Waals surface area contributed by atoms with Crippen LogP contribution in [0.3, 0.4) is 0 Å². The lowest BCUT2D eigenvalue weighted by atomic mass is 10.1. The molecule has 0 radical (unpaired) electrons. The number of carbonyl (C=O) groups is 3. The van der Waals surface area contributed by atoms with Gasteiger partial charge in [-0.15, -0.1) is 0 Å². The van der Waals surface area contributed by atoms with Crippen LogP contribution < -0.4 is 0 Å². The fourth-order valence-corrected chi connectivity index (χ4v) is 7.97. The van der Waals surface area contributed by atoms with E-state index in [2.05, 4.69) is 142 Å². The predicted octanol–water partition coefficient (Wildman–Crippen LogP) is 20.4. The predicted molar refractivity (Wildman–Crippen MR) is 316 cm³/mol. The highest BCUT2D eigenvalue weighted by Gasteiger charge is 2.19. The van der Waals surface area contributed by atoms with Crippen molar-refractivity contribution in [3.05, 3.63) is 122 Å². The van der Waals surface area contributed by atoms with E-state index in [4.69, 9.17) is 14.2 Å². The first kappa shape index (κ1) is 68.8. The number of allylic oxidation sites excluding steroid dienone is 20. The summed E-state index contributed by atoms with van der Waals surface area (Å²) in [7, 11) is 0. The minimum Gasteiger partial charge on any atom is -0.462 e. The van der Waals surface area contributed by atoms with Gasteiger partial charge in [0.15, 0.2) is 6.10 Å². The first-order chi connectivity index (χ1) is 36.0. The van der Waals surface area contributed by atoms with E-state index >= 15 is 0 Å². The van der Waals surface area contributed by atoms with Crippen LogP contribution in [0.25, 0.3) is 0 Å². The number of esters is 3. The van der Waals surface area contributed by atoms with Crippen LogP contribution in [0.1, 0.15) is 265 Å². The van der Waals surface area contributed by atoms with Crippen LogP contribution in [-0.4, -0.2) is 37.2 Å². The summed E-state index contributed by atoms with van der Waals surface area (Å²) in [6.45, 7) is 6.35. The summed E-state index contributed by atoms with van der Waals surface area (Å²) >= 11 is 0. The Labute approximate surface area is 450 Å². The standard InChI is InChI=1S/C67H110O6/c1-4-7-10-13-16-19-22-24-26-28-30-31-32-33-34-35-37-38-40-42-45-48-51-54-57-60-66(69)72-63-64(62-71-65(68)59-56-53-50-47-44-21-18-15-12-9-6-3)73-67(70)61-58-55-52-49-46-43-41-39-36-29-27-25-23-20-17-14-11-8-5-2/h7-8,10-11,15-20,24-27,30-31,33-34,36,39,64H,4-6,9,12-14,21-23,28-29,32,35,37-38,40-63H2,1-3H3/b10-7-,11-8-,18-15-,19-16-,20-17-,26-24-,27-25-,31-30-,34-33-,39-36-. The second-order valence-electron chi connectivity index (χ2n) is 19.5. The van der Waals surface area contributed by atoms with E-state index in [1.807, 2.05) is 0 Å². The number of carbonyl (C=O) groups excluding carboxylic acids is 3. The van der Waals surface area contributed by atoms with Crippen molar-refractivity contribution in [1.82, 2.24) is 0 Å². The van der Waals surface area contributed by atoms with Crippen molar-refractivity contribution in [2.75, 3.05) is 13.2 Å². The van der Waals surface area contributed by atoms with Crippen molar-refractivity contribution >= 4 is 17.9 Å². The second kappa shape index (κ2) is 60.4. The zero-order chi connectivity index (χ0) is 52.9. The Hall–Kier alpha value is -4.19. The zero-order valence-electron chi connectivity index (χ0n) is 47.4. The molecule has 0 N–H and O–H groups in total. The molecule has 6 nitrogen and oxygen atoms in total. The summed E-state index contributed by atoms with van der Waals surface area (Å²) in [5.41, 5.74) is 0. The largest absolute Gasteiger partial charge is 0.462 e. The van der Waals surface area contributed by atoms with Crippen molar-refractivity contribution in [2.45, 2.75) is 271 Å². The lowest BCUT2D eigenvalue weighted by Crippen LogP contribution is -2.30. The first-order valence-corrected chi connectivity index (χ1v) is 30.0. The molecule has 0 aliphatic carbocycles. The lowest BCUT2D eigenvalue weighted by Gasteiger charge is -2.18. The summed E-state index contributed by atoms with van der Waals surface area (Å²) in [6, 6.07) is 0. The Bertz CT molecular complexity index is 1540. The summed E-state index contributed by atoms with van der Waals surface area (Å²) in [5, 5.41) is 0. The van der Waals surface area contributed by atoms with Crippen LogP contribution >= 0.6 is 0 Å². The van der Waals surface area contributed by atoms with Gasteiger partial charge in [0.05, 0.1) is 0 Å². The smallest absolute Gasteiger partial charge is 0.306 e. The molecule has 73 heavy (non-hydrogen) atoms. The van der Waals surface area contributed by atoms with Gasteiger partial charge in [0.25, 0.3) is 0 Å².